The number of hydrogen-bond acceptors (Lipinski definition) is 4. The van der Waals surface area contributed by atoms with Gasteiger partial charge in [0.1, 0.15) is 5.54 Å². The summed E-state index contributed by atoms with van der Waals surface area (Å²) in [6.07, 6.45) is 7.01. The molecule has 0 saturated heterocycles. The quantitative estimate of drug-likeness (QED) is 0.741. The number of methoxy groups -OCH3 is 1. The molecule has 2 N–H and O–H groups in total. The maximum atomic E-state index is 11.5. The molecular formula is C14H27NO3. The molecule has 1 saturated carbocycles. The summed E-state index contributed by atoms with van der Waals surface area (Å²) < 4.78 is 10.5. The summed E-state index contributed by atoms with van der Waals surface area (Å²) >= 11 is 0. The fourth-order valence-electron chi connectivity index (χ4n) is 2.63. The van der Waals surface area contributed by atoms with Crippen LogP contribution in [0.15, 0.2) is 0 Å². The fourth-order valence-corrected chi connectivity index (χ4v) is 2.63. The lowest BCUT2D eigenvalue weighted by Crippen LogP contribution is -2.48. The van der Waals surface area contributed by atoms with Gasteiger partial charge in [0, 0.05) is 13.0 Å². The number of hydrogen-bond donors (Lipinski definition) is 1. The molecule has 1 aliphatic rings. The van der Waals surface area contributed by atoms with Crippen molar-refractivity contribution in [2.75, 3.05) is 13.7 Å². The monoisotopic (exact) mass is 257 g/mol. The van der Waals surface area contributed by atoms with Crippen molar-refractivity contribution in [1.82, 2.24) is 0 Å². The molecule has 106 valence electrons. The Morgan fingerprint density at radius 2 is 2.00 bits per heavy atom. The van der Waals surface area contributed by atoms with E-state index in [1.165, 1.54) is 39.2 Å². The summed E-state index contributed by atoms with van der Waals surface area (Å²) in [5, 5.41) is 0. The molecule has 1 aliphatic carbocycles. The standard InChI is InChI=1S/C14H27NO3/c1-11(9-14(2,15)13(16)17-3)18-10-12-7-5-4-6-8-12/h11-12H,4-10,15H2,1-3H3. The highest BCUT2D eigenvalue weighted by atomic mass is 16.5. The second-order valence-corrected chi connectivity index (χ2v) is 5.76. The van der Waals surface area contributed by atoms with Crippen LogP contribution in [0.2, 0.25) is 0 Å². The van der Waals surface area contributed by atoms with Crippen molar-refractivity contribution >= 4 is 5.97 Å². The molecule has 0 aliphatic heterocycles. The lowest BCUT2D eigenvalue weighted by Gasteiger charge is -2.27. The molecule has 0 spiro atoms. The van der Waals surface area contributed by atoms with Crippen LogP contribution in [0.1, 0.15) is 52.4 Å². The van der Waals surface area contributed by atoms with Crippen molar-refractivity contribution in [3.8, 4) is 0 Å². The number of ether oxygens (including phenoxy) is 2. The van der Waals surface area contributed by atoms with Gasteiger partial charge in [0.2, 0.25) is 0 Å². The lowest BCUT2D eigenvalue weighted by atomic mass is 9.90. The van der Waals surface area contributed by atoms with Crippen LogP contribution in [0, 0.1) is 5.92 Å². The average Bonchev–Trinajstić information content (AvgIpc) is 2.36. The molecule has 2 unspecified atom stereocenters. The van der Waals surface area contributed by atoms with Crippen LogP contribution in [-0.2, 0) is 14.3 Å². The molecule has 0 aromatic rings. The van der Waals surface area contributed by atoms with E-state index in [0.29, 0.717) is 12.3 Å². The Labute approximate surface area is 110 Å². The second kappa shape index (κ2) is 7.10. The zero-order valence-corrected chi connectivity index (χ0v) is 11.9. The van der Waals surface area contributed by atoms with Crippen LogP contribution in [0.3, 0.4) is 0 Å². The van der Waals surface area contributed by atoms with Gasteiger partial charge in [0.05, 0.1) is 13.2 Å². The van der Waals surface area contributed by atoms with Gasteiger partial charge in [-0.05, 0) is 32.6 Å². The zero-order valence-electron chi connectivity index (χ0n) is 11.9. The van der Waals surface area contributed by atoms with Crippen LogP contribution in [0.4, 0.5) is 0 Å². The van der Waals surface area contributed by atoms with E-state index < -0.39 is 5.54 Å². The predicted octanol–water partition coefficient (Wildman–Crippen LogP) is 2.25. The maximum Gasteiger partial charge on any atom is 0.325 e. The Morgan fingerprint density at radius 3 is 2.56 bits per heavy atom. The van der Waals surface area contributed by atoms with Crippen LogP contribution >= 0.6 is 0 Å². The van der Waals surface area contributed by atoms with Crippen LogP contribution in [0.25, 0.3) is 0 Å². The summed E-state index contributed by atoms with van der Waals surface area (Å²) in [7, 11) is 1.36. The Morgan fingerprint density at radius 1 is 1.39 bits per heavy atom. The van der Waals surface area contributed by atoms with Gasteiger partial charge >= 0.3 is 5.97 Å². The molecule has 1 rings (SSSR count). The van der Waals surface area contributed by atoms with Gasteiger partial charge in [0.15, 0.2) is 0 Å². The van der Waals surface area contributed by atoms with Crippen molar-refractivity contribution in [3.05, 3.63) is 0 Å². The van der Waals surface area contributed by atoms with Gasteiger partial charge in [-0.1, -0.05) is 19.3 Å². The number of esters is 1. The first kappa shape index (κ1) is 15.4. The number of rotatable bonds is 6. The highest BCUT2D eigenvalue weighted by molar-refractivity contribution is 5.79. The molecule has 4 nitrogen and oxygen atoms in total. The molecule has 4 heteroatoms. The Hall–Kier alpha value is -0.610. The third kappa shape index (κ3) is 4.94. The molecular weight excluding hydrogens is 230 g/mol. The summed E-state index contributed by atoms with van der Waals surface area (Å²) in [5.41, 5.74) is 4.97. The minimum Gasteiger partial charge on any atom is -0.468 e. The highest BCUT2D eigenvalue weighted by Gasteiger charge is 2.31. The number of carbonyl (C=O) groups excluding carboxylic acids is 1. The highest BCUT2D eigenvalue weighted by Crippen LogP contribution is 2.24. The van der Waals surface area contributed by atoms with Crippen molar-refractivity contribution < 1.29 is 14.3 Å². The van der Waals surface area contributed by atoms with E-state index >= 15 is 0 Å². The first-order valence-corrected chi connectivity index (χ1v) is 6.94. The molecule has 0 heterocycles. The van der Waals surface area contributed by atoms with E-state index in [4.69, 9.17) is 15.2 Å². The van der Waals surface area contributed by atoms with Gasteiger partial charge < -0.3 is 15.2 Å². The van der Waals surface area contributed by atoms with Crippen LogP contribution < -0.4 is 5.73 Å². The average molecular weight is 257 g/mol. The van der Waals surface area contributed by atoms with E-state index in [1.54, 1.807) is 6.92 Å². The lowest BCUT2D eigenvalue weighted by molar-refractivity contribution is -0.148. The smallest absolute Gasteiger partial charge is 0.325 e. The van der Waals surface area contributed by atoms with Crippen LogP contribution in [0.5, 0.6) is 0 Å². The Bertz CT molecular complexity index is 260. The van der Waals surface area contributed by atoms with Gasteiger partial charge in [-0.2, -0.15) is 0 Å². The summed E-state index contributed by atoms with van der Waals surface area (Å²) in [6, 6.07) is 0. The summed E-state index contributed by atoms with van der Waals surface area (Å²) in [6.45, 7) is 4.45. The van der Waals surface area contributed by atoms with Crippen molar-refractivity contribution in [2.45, 2.75) is 64.0 Å². The topological polar surface area (TPSA) is 61.5 Å². The van der Waals surface area contributed by atoms with E-state index in [2.05, 4.69) is 0 Å². The molecule has 0 bridgehead atoms. The molecule has 18 heavy (non-hydrogen) atoms. The van der Waals surface area contributed by atoms with Crippen molar-refractivity contribution in [3.63, 3.8) is 0 Å². The van der Waals surface area contributed by atoms with Gasteiger partial charge in [-0.15, -0.1) is 0 Å². The number of carbonyl (C=O) groups is 1. The minimum absolute atomic E-state index is 0.0129. The van der Waals surface area contributed by atoms with Gasteiger partial charge in [-0.25, -0.2) is 0 Å². The van der Waals surface area contributed by atoms with Crippen molar-refractivity contribution in [2.24, 2.45) is 11.7 Å². The van der Waals surface area contributed by atoms with Gasteiger partial charge in [0.25, 0.3) is 0 Å². The van der Waals surface area contributed by atoms with E-state index in [-0.39, 0.29) is 12.1 Å². The normalized spacial score (nSPS) is 22.2. The first-order chi connectivity index (χ1) is 8.45. The third-order valence-corrected chi connectivity index (χ3v) is 3.70. The van der Waals surface area contributed by atoms with E-state index in [0.717, 1.165) is 6.61 Å². The predicted molar refractivity (Wildman–Crippen MR) is 71.2 cm³/mol. The third-order valence-electron chi connectivity index (χ3n) is 3.70. The van der Waals surface area contributed by atoms with Gasteiger partial charge in [-0.3, -0.25) is 4.79 Å². The zero-order chi connectivity index (χ0) is 13.6. The first-order valence-electron chi connectivity index (χ1n) is 6.94. The SMILES string of the molecule is COC(=O)C(C)(N)CC(C)OCC1CCCCC1. The largest absolute Gasteiger partial charge is 0.468 e. The van der Waals surface area contributed by atoms with Crippen LogP contribution in [-0.4, -0.2) is 31.3 Å². The fraction of sp³-hybridized carbons (Fsp3) is 0.929. The molecule has 1 fully saturated rings. The summed E-state index contributed by atoms with van der Waals surface area (Å²) in [5.74, 6) is 0.305. The summed E-state index contributed by atoms with van der Waals surface area (Å²) in [4.78, 5) is 11.5. The minimum atomic E-state index is -0.958. The maximum absolute atomic E-state index is 11.5. The molecule has 0 amide bonds. The molecule has 2 atom stereocenters. The molecule has 0 aromatic carbocycles. The molecule has 0 aromatic heterocycles. The van der Waals surface area contributed by atoms with E-state index in [1.807, 2.05) is 6.92 Å². The van der Waals surface area contributed by atoms with Crippen molar-refractivity contribution in [1.29, 1.82) is 0 Å². The number of nitrogens with two attached hydrogens (primary N) is 1. The molecule has 0 radical (unpaired) electrons. The Kier molecular flexibility index (Phi) is 6.09. The van der Waals surface area contributed by atoms with E-state index in [9.17, 15) is 4.79 Å². The Balaban J connectivity index is 2.27. The second-order valence-electron chi connectivity index (χ2n) is 5.76.